The van der Waals surface area contributed by atoms with Crippen molar-refractivity contribution >= 4 is 21.1 Å². The van der Waals surface area contributed by atoms with Crippen LogP contribution in [0.4, 0.5) is 0 Å². The average molecular weight is 314 g/mol. The van der Waals surface area contributed by atoms with Crippen molar-refractivity contribution < 1.29 is 17.9 Å². The molecule has 1 heterocycles. The molecule has 1 unspecified atom stereocenters. The minimum Gasteiger partial charge on any atom is -0.408 e. The predicted molar refractivity (Wildman–Crippen MR) is 77.6 cm³/mol. The molecule has 0 fully saturated rings. The van der Waals surface area contributed by atoms with E-state index in [1.165, 1.54) is 22.8 Å². The summed E-state index contributed by atoms with van der Waals surface area (Å²) < 4.78 is 32.9. The maximum Gasteiger partial charge on any atom is 0.419 e. The zero-order chi connectivity index (χ0) is 15.6. The molecule has 2 rings (SSSR count). The lowest BCUT2D eigenvalue weighted by atomic mass is 10.2. The Morgan fingerprint density at radius 2 is 2.14 bits per heavy atom. The molecule has 116 valence electrons. The summed E-state index contributed by atoms with van der Waals surface area (Å²) in [5.41, 5.74) is 0.726. The van der Waals surface area contributed by atoms with Gasteiger partial charge in [-0.2, -0.15) is 0 Å². The molecule has 7 nitrogen and oxygen atoms in total. The number of aliphatic hydroxyl groups is 1. The van der Waals surface area contributed by atoms with Crippen LogP contribution in [-0.2, 0) is 17.1 Å². The van der Waals surface area contributed by atoms with E-state index in [9.17, 15) is 18.3 Å². The van der Waals surface area contributed by atoms with E-state index in [0.717, 1.165) is 6.42 Å². The van der Waals surface area contributed by atoms with Crippen LogP contribution in [0.25, 0.3) is 11.1 Å². The molecule has 8 heteroatoms. The van der Waals surface area contributed by atoms with Crippen LogP contribution in [0.15, 0.2) is 32.3 Å². The smallest absolute Gasteiger partial charge is 0.408 e. The number of rotatable bonds is 6. The lowest BCUT2D eigenvalue weighted by Gasteiger charge is -2.11. The largest absolute Gasteiger partial charge is 0.419 e. The van der Waals surface area contributed by atoms with Crippen LogP contribution in [-0.4, -0.2) is 30.7 Å². The number of aromatic nitrogens is 1. The molecule has 0 amide bonds. The molecule has 0 aliphatic carbocycles. The Morgan fingerprint density at radius 3 is 2.81 bits per heavy atom. The number of nitrogens with one attached hydrogen (secondary N) is 1. The first-order valence-corrected chi connectivity index (χ1v) is 8.10. The van der Waals surface area contributed by atoms with Gasteiger partial charge in [-0.1, -0.05) is 13.3 Å². The molecular weight excluding hydrogens is 296 g/mol. The van der Waals surface area contributed by atoms with Gasteiger partial charge in [0.1, 0.15) is 0 Å². The molecule has 1 aromatic heterocycles. The summed E-state index contributed by atoms with van der Waals surface area (Å²) in [5, 5.41) is 9.58. The maximum absolute atomic E-state index is 12.1. The van der Waals surface area contributed by atoms with Crippen LogP contribution in [0.2, 0.25) is 0 Å². The van der Waals surface area contributed by atoms with Gasteiger partial charge in [0, 0.05) is 19.7 Å². The molecular formula is C13H18N2O5S. The Labute approximate surface area is 122 Å². The van der Waals surface area contributed by atoms with Gasteiger partial charge in [0.2, 0.25) is 10.0 Å². The van der Waals surface area contributed by atoms with Gasteiger partial charge in [0.15, 0.2) is 5.58 Å². The predicted octanol–water partition coefficient (Wildman–Crippen LogP) is 0.571. The standard InChI is InChI=1S/C13H18N2O5S/c1-3-4-9(16)8-14-21(18,19)10-5-6-11-12(7-10)20-13(17)15(11)2/h5-7,9,14,16H,3-4,8H2,1-2H3. The number of aliphatic hydroxyl groups excluding tert-OH is 1. The SMILES string of the molecule is CCCC(O)CNS(=O)(=O)c1ccc2c(c1)oc(=O)n2C. The molecule has 0 saturated carbocycles. The molecule has 0 radical (unpaired) electrons. The third-order valence-electron chi connectivity index (χ3n) is 3.20. The van der Waals surface area contributed by atoms with Crippen molar-refractivity contribution in [2.24, 2.45) is 7.05 Å². The van der Waals surface area contributed by atoms with Gasteiger partial charge in [-0.15, -0.1) is 0 Å². The topological polar surface area (TPSA) is 102 Å². The molecule has 1 aromatic carbocycles. The van der Waals surface area contributed by atoms with Crippen molar-refractivity contribution in [1.82, 2.24) is 9.29 Å². The number of hydrogen-bond donors (Lipinski definition) is 2. The first kappa shape index (κ1) is 15.7. The van der Waals surface area contributed by atoms with Crippen molar-refractivity contribution in [1.29, 1.82) is 0 Å². The summed E-state index contributed by atoms with van der Waals surface area (Å²) in [5.74, 6) is -0.550. The summed E-state index contributed by atoms with van der Waals surface area (Å²) in [6.07, 6.45) is 0.572. The van der Waals surface area contributed by atoms with Gasteiger partial charge in [0.05, 0.1) is 16.5 Å². The first-order chi connectivity index (χ1) is 9.85. The molecule has 21 heavy (non-hydrogen) atoms. The Morgan fingerprint density at radius 1 is 1.43 bits per heavy atom. The van der Waals surface area contributed by atoms with Crippen LogP contribution in [0.5, 0.6) is 0 Å². The van der Waals surface area contributed by atoms with Crippen LogP contribution in [0.1, 0.15) is 19.8 Å². The highest BCUT2D eigenvalue weighted by molar-refractivity contribution is 7.89. The molecule has 0 spiro atoms. The van der Waals surface area contributed by atoms with E-state index in [1.807, 2.05) is 6.92 Å². The lowest BCUT2D eigenvalue weighted by Crippen LogP contribution is -2.32. The van der Waals surface area contributed by atoms with Gasteiger partial charge in [-0.25, -0.2) is 17.9 Å². The molecule has 1 atom stereocenters. The molecule has 0 aliphatic rings. The Kier molecular flexibility index (Phi) is 4.50. The van der Waals surface area contributed by atoms with Gasteiger partial charge < -0.3 is 9.52 Å². The zero-order valence-electron chi connectivity index (χ0n) is 11.9. The quantitative estimate of drug-likeness (QED) is 0.811. The summed E-state index contributed by atoms with van der Waals surface area (Å²) in [4.78, 5) is 11.4. The summed E-state index contributed by atoms with van der Waals surface area (Å²) in [6, 6.07) is 4.20. The minimum absolute atomic E-state index is 0.00644. The summed E-state index contributed by atoms with van der Waals surface area (Å²) in [6.45, 7) is 1.86. The van der Waals surface area contributed by atoms with Crippen molar-refractivity contribution in [2.75, 3.05) is 6.54 Å². The monoisotopic (exact) mass is 314 g/mol. The van der Waals surface area contributed by atoms with Crippen LogP contribution in [0.3, 0.4) is 0 Å². The second-order valence-corrected chi connectivity index (χ2v) is 6.62. The van der Waals surface area contributed by atoms with E-state index >= 15 is 0 Å². The maximum atomic E-state index is 12.1. The molecule has 2 aromatic rings. The first-order valence-electron chi connectivity index (χ1n) is 6.62. The molecule has 0 aliphatic heterocycles. The van der Waals surface area contributed by atoms with Crippen molar-refractivity contribution in [3.63, 3.8) is 0 Å². The fourth-order valence-electron chi connectivity index (χ4n) is 2.01. The van der Waals surface area contributed by atoms with Gasteiger partial charge in [0.25, 0.3) is 0 Å². The second kappa shape index (κ2) is 6.00. The highest BCUT2D eigenvalue weighted by atomic mass is 32.2. The summed E-state index contributed by atoms with van der Waals surface area (Å²) >= 11 is 0. The van der Waals surface area contributed by atoms with Crippen LogP contribution < -0.4 is 10.5 Å². The van der Waals surface area contributed by atoms with E-state index in [1.54, 1.807) is 7.05 Å². The fraction of sp³-hybridized carbons (Fsp3) is 0.462. The van der Waals surface area contributed by atoms with E-state index in [4.69, 9.17) is 4.42 Å². The number of benzene rings is 1. The lowest BCUT2D eigenvalue weighted by molar-refractivity contribution is 0.167. The minimum atomic E-state index is -3.75. The third kappa shape index (κ3) is 3.34. The van der Waals surface area contributed by atoms with Gasteiger partial charge >= 0.3 is 5.76 Å². The number of hydrogen-bond acceptors (Lipinski definition) is 5. The third-order valence-corrected chi connectivity index (χ3v) is 4.63. The zero-order valence-corrected chi connectivity index (χ0v) is 12.7. The number of aryl methyl sites for hydroxylation is 1. The van der Waals surface area contributed by atoms with Crippen molar-refractivity contribution in [3.05, 3.63) is 28.7 Å². The number of nitrogens with zero attached hydrogens (tertiary/aromatic N) is 1. The molecule has 0 saturated heterocycles. The van der Waals surface area contributed by atoms with Crippen LogP contribution >= 0.6 is 0 Å². The fourth-order valence-corrected chi connectivity index (χ4v) is 3.09. The van der Waals surface area contributed by atoms with Gasteiger partial charge in [-0.05, 0) is 18.6 Å². The number of fused-ring (bicyclic) bond motifs is 1. The molecule has 2 N–H and O–H groups in total. The van der Waals surface area contributed by atoms with Crippen molar-refractivity contribution in [2.45, 2.75) is 30.8 Å². The second-order valence-electron chi connectivity index (χ2n) is 4.85. The number of oxazole rings is 1. The average Bonchev–Trinajstić information content (AvgIpc) is 2.72. The Balaban J connectivity index is 2.26. The highest BCUT2D eigenvalue weighted by Crippen LogP contribution is 2.17. The normalized spacial score (nSPS) is 13.7. The molecule has 0 bridgehead atoms. The Hall–Kier alpha value is -1.64. The van der Waals surface area contributed by atoms with Gasteiger partial charge in [-0.3, -0.25) is 4.57 Å². The Bertz CT molecular complexity index is 790. The van der Waals surface area contributed by atoms with E-state index < -0.39 is 21.9 Å². The van der Waals surface area contributed by atoms with E-state index in [-0.39, 0.29) is 17.0 Å². The van der Waals surface area contributed by atoms with Crippen LogP contribution in [0, 0.1) is 0 Å². The van der Waals surface area contributed by atoms with Crippen molar-refractivity contribution in [3.8, 4) is 0 Å². The summed E-state index contributed by atoms with van der Waals surface area (Å²) in [7, 11) is -2.21. The van der Waals surface area contributed by atoms with E-state index in [0.29, 0.717) is 11.9 Å². The highest BCUT2D eigenvalue weighted by Gasteiger charge is 2.17. The number of sulfonamides is 1. The van der Waals surface area contributed by atoms with E-state index in [2.05, 4.69) is 4.72 Å².